The van der Waals surface area contributed by atoms with Gasteiger partial charge in [0.25, 0.3) is 5.69 Å². The number of esters is 2. The quantitative estimate of drug-likeness (QED) is 0.0281. The number of carbonyl (C=O) groups is 2. The molecule has 0 saturated heterocycles. The second kappa shape index (κ2) is 24.3. The summed E-state index contributed by atoms with van der Waals surface area (Å²) < 4.78 is 22.9. The number of nitro benzene ring substituents is 1. The maximum absolute atomic E-state index is 14.5. The van der Waals surface area contributed by atoms with Gasteiger partial charge in [0.1, 0.15) is 29.5 Å². The van der Waals surface area contributed by atoms with Crippen LogP contribution in [-0.2, 0) is 19.1 Å². The SMILES string of the molecule is CCN(CCOC(=O)C(C)(C(C)(C)N)C(C)(C)C(C)(C)C(C)(CC(C)(C)C)C(=O)OC)c1ccc(/N=N/c2cc(OC)c(/N=N/c3ccc(/N=N/c4ccc(/N=N/c5ccc([N+](=O)[O-])cc5)cc4)cc3)cc2OC)cc1. The lowest BCUT2D eigenvalue weighted by Crippen LogP contribution is -2.68. The summed E-state index contributed by atoms with van der Waals surface area (Å²) in [5.41, 5.74) is 6.95. The summed E-state index contributed by atoms with van der Waals surface area (Å²) in [6, 6.07) is 30.7. The van der Waals surface area contributed by atoms with Gasteiger partial charge in [-0.25, -0.2) is 0 Å². The zero-order valence-corrected chi connectivity index (χ0v) is 46.5. The van der Waals surface area contributed by atoms with E-state index in [1.54, 1.807) is 60.7 Å². The van der Waals surface area contributed by atoms with E-state index >= 15 is 0 Å². The second-order valence-corrected chi connectivity index (χ2v) is 21.7. The fourth-order valence-corrected chi connectivity index (χ4v) is 9.35. The van der Waals surface area contributed by atoms with Gasteiger partial charge in [-0.05, 0) is 142 Å². The standard InChI is InChI=1S/C57H73N11O8/c1-16-67(33-34-76-51(70)57(12,55(9,10)58)54(7,8)53(5,6)56(11,50(69)75-15)37-52(2,3)4)44-29-25-43(26-30-44)64-66-47-36-48(73-13)46(35-49(47)74-14)65-63-41-23-21-40(22-24-41)60-59-38-17-19-39(20-18-38)61-62-42-27-31-45(32-28-42)68(71)72/h17-32,35-36H,16,33-34,37,58H2,1-15H3/b60-59+,62-61+,65-63+,66-64+. The van der Waals surface area contributed by atoms with Crippen LogP contribution in [0.15, 0.2) is 150 Å². The molecule has 5 rings (SSSR count). The zero-order chi connectivity index (χ0) is 56.3. The van der Waals surface area contributed by atoms with E-state index < -0.39 is 38.1 Å². The number of hydrogen-bond acceptors (Lipinski definition) is 18. The molecule has 2 N–H and O–H groups in total. The maximum atomic E-state index is 14.5. The van der Waals surface area contributed by atoms with Crippen molar-refractivity contribution < 1.29 is 33.5 Å². The van der Waals surface area contributed by atoms with Gasteiger partial charge in [0.2, 0.25) is 0 Å². The summed E-state index contributed by atoms with van der Waals surface area (Å²) in [6.07, 6.45) is 0.528. The molecule has 5 aromatic rings. The molecule has 19 heteroatoms. The molecule has 0 fully saturated rings. The monoisotopic (exact) mass is 1040 g/mol. The molecule has 0 radical (unpaired) electrons. The highest BCUT2D eigenvalue weighted by Crippen LogP contribution is 2.64. The number of methoxy groups -OCH3 is 3. The molecular formula is C57H73N11O8. The number of non-ortho nitro benzene ring substituents is 1. The number of nitrogens with zero attached hydrogens (tertiary/aromatic N) is 10. The molecule has 5 aromatic carbocycles. The number of carbonyl (C=O) groups excluding carboxylic acids is 2. The number of benzene rings is 5. The molecule has 2 unspecified atom stereocenters. The molecule has 0 saturated carbocycles. The van der Waals surface area contributed by atoms with Crippen LogP contribution in [0.5, 0.6) is 11.5 Å². The average molecular weight is 1040 g/mol. The lowest BCUT2D eigenvalue weighted by Gasteiger charge is -2.61. The minimum absolute atomic E-state index is 0.0185. The van der Waals surface area contributed by atoms with Crippen molar-refractivity contribution >= 4 is 68.8 Å². The summed E-state index contributed by atoms with van der Waals surface area (Å²) in [4.78, 5) is 40.7. The molecule has 19 nitrogen and oxygen atoms in total. The smallest absolute Gasteiger partial charge is 0.314 e. The topological polar surface area (TPSA) is 242 Å². The number of nitrogens with two attached hydrogens (primary N) is 1. The van der Waals surface area contributed by atoms with Crippen molar-refractivity contribution in [3.63, 3.8) is 0 Å². The minimum atomic E-state index is -1.24. The lowest BCUT2D eigenvalue weighted by atomic mass is 9.42. The minimum Gasteiger partial charge on any atom is -0.494 e. The Hall–Kier alpha value is -7.80. The van der Waals surface area contributed by atoms with E-state index in [0.29, 0.717) is 76.5 Å². The molecule has 0 amide bonds. The van der Waals surface area contributed by atoms with E-state index in [2.05, 4.69) is 66.6 Å². The van der Waals surface area contributed by atoms with Crippen LogP contribution >= 0.6 is 0 Å². The molecule has 2 atom stereocenters. The zero-order valence-electron chi connectivity index (χ0n) is 46.5. The summed E-state index contributed by atoms with van der Waals surface area (Å²) in [5.74, 6) is 0.0419. The van der Waals surface area contributed by atoms with Gasteiger partial charge >= 0.3 is 11.9 Å². The molecule has 0 aliphatic carbocycles. The average Bonchev–Trinajstić information content (AvgIpc) is 3.39. The molecule has 0 aliphatic heterocycles. The van der Waals surface area contributed by atoms with Gasteiger partial charge in [0.15, 0.2) is 0 Å². The van der Waals surface area contributed by atoms with Gasteiger partial charge in [-0.2, -0.15) is 30.7 Å². The van der Waals surface area contributed by atoms with Crippen LogP contribution in [-0.4, -0.2) is 63.4 Å². The van der Waals surface area contributed by atoms with Gasteiger partial charge in [-0.15, -0.1) is 10.2 Å². The van der Waals surface area contributed by atoms with Crippen molar-refractivity contribution in [2.24, 2.45) is 73.7 Å². The Balaban J connectivity index is 1.21. The molecule has 404 valence electrons. The van der Waals surface area contributed by atoms with E-state index in [-0.39, 0.29) is 23.7 Å². The predicted octanol–water partition coefficient (Wildman–Crippen LogP) is 16.1. The fourth-order valence-electron chi connectivity index (χ4n) is 9.35. The Morgan fingerprint density at radius 3 is 1.26 bits per heavy atom. The van der Waals surface area contributed by atoms with E-state index in [4.69, 9.17) is 24.7 Å². The van der Waals surface area contributed by atoms with Crippen molar-refractivity contribution in [2.45, 2.75) is 95.0 Å². The molecule has 0 spiro atoms. The van der Waals surface area contributed by atoms with Gasteiger partial charge < -0.3 is 29.6 Å². The number of hydrogen-bond donors (Lipinski definition) is 1. The van der Waals surface area contributed by atoms with E-state index in [1.165, 1.54) is 45.6 Å². The van der Waals surface area contributed by atoms with Crippen LogP contribution in [0.25, 0.3) is 0 Å². The largest absolute Gasteiger partial charge is 0.494 e. The maximum Gasteiger partial charge on any atom is 0.314 e. The number of anilines is 1. The Morgan fingerprint density at radius 2 is 0.934 bits per heavy atom. The number of ether oxygens (including phenoxy) is 4. The van der Waals surface area contributed by atoms with Gasteiger partial charge in [0, 0.05) is 42.0 Å². The number of nitro groups is 1. The van der Waals surface area contributed by atoms with Gasteiger partial charge in [0.05, 0.1) is 77.8 Å². The number of likely N-dealkylation sites (N-methyl/N-ethyl adjacent to an activating group) is 1. The van der Waals surface area contributed by atoms with E-state index in [9.17, 15) is 19.7 Å². The number of azo groups is 4. The third kappa shape index (κ3) is 13.5. The second-order valence-electron chi connectivity index (χ2n) is 21.7. The van der Waals surface area contributed by atoms with Crippen molar-refractivity contribution in [3.05, 3.63) is 119 Å². The Labute approximate surface area is 446 Å². The summed E-state index contributed by atoms with van der Waals surface area (Å²) in [7, 11) is 4.46. The van der Waals surface area contributed by atoms with Crippen molar-refractivity contribution in [3.8, 4) is 11.5 Å². The van der Waals surface area contributed by atoms with E-state index in [1.807, 2.05) is 86.6 Å². The third-order valence-electron chi connectivity index (χ3n) is 14.9. The molecule has 0 aliphatic rings. The van der Waals surface area contributed by atoms with Crippen LogP contribution in [0.2, 0.25) is 0 Å². The summed E-state index contributed by atoms with van der Waals surface area (Å²) in [6.45, 7) is 25.0. The Kier molecular flexibility index (Phi) is 18.9. The highest BCUT2D eigenvalue weighted by molar-refractivity contribution is 5.81. The lowest BCUT2D eigenvalue weighted by molar-refractivity contribution is -0.384. The summed E-state index contributed by atoms with van der Waals surface area (Å²) >= 11 is 0. The Morgan fingerprint density at radius 1 is 0.566 bits per heavy atom. The van der Waals surface area contributed by atoms with Crippen LogP contribution in [0.4, 0.5) is 56.9 Å². The number of rotatable bonds is 23. The molecule has 0 aromatic heterocycles. The third-order valence-corrected chi connectivity index (χ3v) is 14.9. The van der Waals surface area contributed by atoms with Crippen LogP contribution < -0.4 is 20.1 Å². The van der Waals surface area contributed by atoms with E-state index in [0.717, 1.165) is 5.69 Å². The van der Waals surface area contributed by atoms with Crippen LogP contribution in [0.1, 0.15) is 89.5 Å². The van der Waals surface area contributed by atoms with Crippen LogP contribution in [0, 0.1) is 37.2 Å². The summed E-state index contributed by atoms with van der Waals surface area (Å²) in [5, 5.41) is 45.5. The first-order valence-corrected chi connectivity index (χ1v) is 24.9. The van der Waals surface area contributed by atoms with Crippen molar-refractivity contribution in [1.82, 2.24) is 0 Å². The normalized spacial score (nSPS) is 14.2. The highest BCUT2D eigenvalue weighted by atomic mass is 16.6. The molecular weight excluding hydrogens is 967 g/mol. The predicted molar refractivity (Wildman–Crippen MR) is 296 cm³/mol. The fraction of sp³-hybridized carbons (Fsp3) is 0.439. The molecule has 76 heavy (non-hydrogen) atoms. The van der Waals surface area contributed by atoms with Gasteiger partial charge in [-0.1, -0.05) is 48.5 Å². The Bertz CT molecular complexity index is 2930. The highest BCUT2D eigenvalue weighted by Gasteiger charge is 2.67. The molecule has 0 heterocycles. The van der Waals surface area contributed by atoms with Crippen molar-refractivity contribution in [1.29, 1.82) is 0 Å². The van der Waals surface area contributed by atoms with Crippen LogP contribution in [0.3, 0.4) is 0 Å². The first-order chi connectivity index (χ1) is 35.6. The first-order valence-electron chi connectivity index (χ1n) is 24.9. The van der Waals surface area contributed by atoms with Gasteiger partial charge in [-0.3, -0.25) is 19.7 Å². The first kappa shape index (κ1) is 59.1. The van der Waals surface area contributed by atoms with Crippen molar-refractivity contribution in [2.75, 3.05) is 45.9 Å². The molecule has 0 bridgehead atoms.